The van der Waals surface area contributed by atoms with Crippen molar-refractivity contribution in [2.75, 3.05) is 0 Å². The molecule has 2 fully saturated rings. The van der Waals surface area contributed by atoms with Crippen LogP contribution >= 0.6 is 0 Å². The Bertz CT molecular complexity index is 930. The molecule has 0 aliphatic heterocycles. The summed E-state index contributed by atoms with van der Waals surface area (Å²) in [6.45, 7) is 8.51. The highest BCUT2D eigenvalue weighted by Gasteiger charge is 2.50. The van der Waals surface area contributed by atoms with Gasteiger partial charge in [-0.3, -0.25) is 4.79 Å². The highest BCUT2D eigenvalue weighted by Crippen LogP contribution is 2.56. The SMILES string of the molecule is C=C1/C(=C\C=C2/CCC[C@]3(C)C([C@H](C)OC(=O)CC[C@](C)(O)C(F)(F)F)=CC[C@@H]23)C[C@@H](O)C[C@@H]1O. The number of aliphatic hydroxyl groups excluding tert-OH is 2. The minimum absolute atomic E-state index is 0.210. The van der Waals surface area contributed by atoms with E-state index in [1.165, 1.54) is 5.57 Å². The third-order valence-corrected chi connectivity index (χ3v) is 8.05. The molecule has 0 radical (unpaired) electrons. The van der Waals surface area contributed by atoms with Gasteiger partial charge < -0.3 is 20.1 Å². The first-order chi connectivity index (χ1) is 16.2. The first-order valence-corrected chi connectivity index (χ1v) is 12.3. The monoisotopic (exact) mass is 498 g/mol. The molecule has 0 bridgehead atoms. The van der Waals surface area contributed by atoms with E-state index < -0.39 is 48.9 Å². The summed E-state index contributed by atoms with van der Waals surface area (Å²) in [5.41, 5.74) is 0.540. The molecule has 0 saturated heterocycles. The second-order valence-corrected chi connectivity index (χ2v) is 10.7. The number of ether oxygens (including phenoxy) is 1. The van der Waals surface area contributed by atoms with Crippen LogP contribution in [0.4, 0.5) is 13.2 Å². The van der Waals surface area contributed by atoms with E-state index >= 15 is 0 Å². The first kappa shape index (κ1) is 27.7. The maximum absolute atomic E-state index is 12.9. The predicted molar refractivity (Wildman–Crippen MR) is 126 cm³/mol. The zero-order chi connectivity index (χ0) is 26.2. The van der Waals surface area contributed by atoms with E-state index in [1.807, 2.05) is 6.08 Å². The largest absolute Gasteiger partial charge is 0.458 e. The van der Waals surface area contributed by atoms with E-state index in [0.717, 1.165) is 36.8 Å². The van der Waals surface area contributed by atoms with Crippen molar-refractivity contribution in [2.45, 2.75) is 102 Å². The van der Waals surface area contributed by atoms with Crippen LogP contribution in [0.3, 0.4) is 0 Å². The molecule has 0 heterocycles. The fourth-order valence-electron chi connectivity index (χ4n) is 5.75. The van der Waals surface area contributed by atoms with Gasteiger partial charge in [0.25, 0.3) is 0 Å². The van der Waals surface area contributed by atoms with Crippen LogP contribution in [0.1, 0.15) is 72.1 Å². The van der Waals surface area contributed by atoms with Gasteiger partial charge in [-0.15, -0.1) is 0 Å². The molecule has 3 aliphatic carbocycles. The molecular formula is C27H37F3O5. The van der Waals surface area contributed by atoms with Gasteiger partial charge in [0.05, 0.1) is 12.2 Å². The average molecular weight is 499 g/mol. The van der Waals surface area contributed by atoms with Gasteiger partial charge in [-0.1, -0.05) is 37.3 Å². The molecular weight excluding hydrogens is 461 g/mol. The van der Waals surface area contributed by atoms with Crippen LogP contribution in [-0.4, -0.2) is 51.4 Å². The average Bonchev–Trinajstić information content (AvgIpc) is 3.10. The van der Waals surface area contributed by atoms with Crippen LogP contribution in [0.2, 0.25) is 0 Å². The third kappa shape index (κ3) is 5.92. The second kappa shape index (κ2) is 10.2. The number of halogens is 3. The first-order valence-electron chi connectivity index (χ1n) is 12.3. The molecule has 0 unspecified atom stereocenters. The maximum Gasteiger partial charge on any atom is 0.416 e. The van der Waals surface area contributed by atoms with Gasteiger partial charge in [-0.25, -0.2) is 0 Å². The lowest BCUT2D eigenvalue weighted by atomic mass is 9.63. The Morgan fingerprint density at radius 3 is 2.69 bits per heavy atom. The Hall–Kier alpha value is -1.90. The van der Waals surface area contributed by atoms with Crippen molar-refractivity contribution < 1.29 is 38.0 Å². The Morgan fingerprint density at radius 1 is 1.34 bits per heavy atom. The van der Waals surface area contributed by atoms with Crippen molar-refractivity contribution in [2.24, 2.45) is 11.3 Å². The lowest BCUT2D eigenvalue weighted by molar-refractivity contribution is -0.255. The Balaban J connectivity index is 1.67. The number of aliphatic hydroxyl groups is 3. The quantitative estimate of drug-likeness (QED) is 0.352. The third-order valence-electron chi connectivity index (χ3n) is 8.05. The number of hydrogen-bond acceptors (Lipinski definition) is 5. The summed E-state index contributed by atoms with van der Waals surface area (Å²) in [5, 5.41) is 29.7. The van der Waals surface area contributed by atoms with Crippen molar-refractivity contribution in [3.63, 3.8) is 0 Å². The Labute approximate surface area is 205 Å². The van der Waals surface area contributed by atoms with Crippen molar-refractivity contribution in [1.82, 2.24) is 0 Å². The number of alkyl halides is 3. The fourth-order valence-corrected chi connectivity index (χ4v) is 5.75. The Morgan fingerprint density at radius 2 is 2.03 bits per heavy atom. The van der Waals surface area contributed by atoms with Gasteiger partial charge in [0.2, 0.25) is 0 Å². The van der Waals surface area contributed by atoms with Gasteiger partial charge in [-0.2, -0.15) is 13.2 Å². The van der Waals surface area contributed by atoms with Gasteiger partial charge >= 0.3 is 12.1 Å². The minimum atomic E-state index is -4.81. The van der Waals surface area contributed by atoms with E-state index in [1.54, 1.807) is 6.92 Å². The van der Waals surface area contributed by atoms with E-state index in [-0.39, 0.29) is 11.3 Å². The number of rotatable bonds is 6. The standard InChI is InChI=1S/C27H37F3O5/c1-16-19(14-20(31)15-23(16)32)8-7-18-6-5-12-25(3)21(9-10-22(18)25)17(2)35-24(33)11-13-26(4,34)27(28,29)30/h7-9,17,20,22-23,31-32,34H,1,5-6,10-15H2,2-4H3/b18-7+,19-8-/t17-,20+,22-,23-,25+,26-/m0/s1. The molecule has 8 heteroatoms. The summed E-state index contributed by atoms with van der Waals surface area (Å²) in [5.74, 6) is -0.555. The molecule has 0 amide bonds. The maximum atomic E-state index is 12.9. The summed E-state index contributed by atoms with van der Waals surface area (Å²) in [6, 6.07) is 0. The van der Waals surface area contributed by atoms with Crippen LogP contribution < -0.4 is 0 Å². The molecule has 6 atom stereocenters. The van der Waals surface area contributed by atoms with E-state index in [0.29, 0.717) is 25.3 Å². The van der Waals surface area contributed by atoms with Crippen LogP contribution in [-0.2, 0) is 9.53 Å². The fraction of sp³-hybridized carbons (Fsp3) is 0.667. The van der Waals surface area contributed by atoms with Crippen LogP contribution in [0.5, 0.6) is 0 Å². The molecule has 35 heavy (non-hydrogen) atoms. The van der Waals surface area contributed by atoms with E-state index in [9.17, 15) is 33.3 Å². The zero-order valence-electron chi connectivity index (χ0n) is 20.7. The Kier molecular flexibility index (Phi) is 8.09. The van der Waals surface area contributed by atoms with Crippen molar-refractivity contribution in [3.05, 3.63) is 47.1 Å². The summed E-state index contributed by atoms with van der Waals surface area (Å²) in [4.78, 5) is 12.3. The van der Waals surface area contributed by atoms with Gasteiger partial charge in [0.15, 0.2) is 5.60 Å². The summed E-state index contributed by atoms with van der Waals surface area (Å²) in [6.07, 6.45) is 2.40. The minimum Gasteiger partial charge on any atom is -0.458 e. The van der Waals surface area contributed by atoms with Crippen LogP contribution in [0, 0.1) is 11.3 Å². The smallest absolute Gasteiger partial charge is 0.416 e. The predicted octanol–water partition coefficient (Wildman–Crippen LogP) is 5.07. The lowest BCUT2D eigenvalue weighted by Crippen LogP contribution is -2.42. The highest BCUT2D eigenvalue weighted by molar-refractivity contribution is 5.70. The zero-order valence-corrected chi connectivity index (χ0v) is 20.7. The lowest BCUT2D eigenvalue weighted by Gasteiger charge is -2.42. The molecule has 0 aromatic carbocycles. The molecule has 0 aromatic rings. The number of esters is 1. The number of hydrogen-bond donors (Lipinski definition) is 3. The van der Waals surface area contributed by atoms with Gasteiger partial charge in [0.1, 0.15) is 6.10 Å². The molecule has 2 saturated carbocycles. The van der Waals surface area contributed by atoms with Crippen molar-refractivity contribution in [1.29, 1.82) is 0 Å². The normalized spacial score (nSPS) is 34.4. The van der Waals surface area contributed by atoms with Crippen LogP contribution in [0.15, 0.2) is 47.1 Å². The van der Waals surface area contributed by atoms with E-state index in [4.69, 9.17) is 4.74 Å². The molecule has 3 N–H and O–H groups in total. The molecule has 5 nitrogen and oxygen atoms in total. The topological polar surface area (TPSA) is 87.0 Å². The summed E-state index contributed by atoms with van der Waals surface area (Å²) < 4.78 is 44.1. The molecule has 196 valence electrons. The number of fused-ring (bicyclic) bond motifs is 1. The molecule has 0 aromatic heterocycles. The van der Waals surface area contributed by atoms with Crippen molar-refractivity contribution in [3.8, 4) is 0 Å². The van der Waals surface area contributed by atoms with Crippen LogP contribution in [0.25, 0.3) is 0 Å². The second-order valence-electron chi connectivity index (χ2n) is 10.7. The number of allylic oxidation sites excluding steroid dienone is 4. The summed E-state index contributed by atoms with van der Waals surface area (Å²) >= 11 is 0. The highest BCUT2D eigenvalue weighted by atomic mass is 19.4. The number of carbonyl (C=O) groups is 1. The number of carbonyl (C=O) groups excluding carboxylic acids is 1. The van der Waals surface area contributed by atoms with Crippen molar-refractivity contribution >= 4 is 5.97 Å². The molecule has 3 aliphatic rings. The van der Waals surface area contributed by atoms with E-state index in [2.05, 4.69) is 25.7 Å². The van der Waals surface area contributed by atoms with Gasteiger partial charge in [0, 0.05) is 12.8 Å². The molecule has 0 spiro atoms. The summed E-state index contributed by atoms with van der Waals surface area (Å²) in [7, 11) is 0. The van der Waals surface area contributed by atoms with Gasteiger partial charge in [-0.05, 0) is 80.4 Å². The molecule has 3 rings (SSSR count).